The molecule has 6 nitrogen and oxygen atoms in total. The minimum absolute atomic E-state index is 0. The summed E-state index contributed by atoms with van der Waals surface area (Å²) in [5.74, 6) is 0.366. The first-order chi connectivity index (χ1) is 16.3. The zero-order valence-electron chi connectivity index (χ0n) is 19.1. The van der Waals surface area contributed by atoms with E-state index in [2.05, 4.69) is 0 Å². The van der Waals surface area contributed by atoms with Crippen molar-refractivity contribution in [2.45, 2.75) is 23.8 Å². The summed E-state index contributed by atoms with van der Waals surface area (Å²) in [5.41, 5.74) is 1.13. The minimum atomic E-state index is -3.87. The smallest absolute Gasteiger partial charge is 0.268 e. The van der Waals surface area contributed by atoms with Crippen LogP contribution in [0.3, 0.4) is 0 Å². The number of anilines is 1. The maximum atomic E-state index is 13.5. The van der Waals surface area contributed by atoms with Gasteiger partial charge in [0.15, 0.2) is 5.75 Å². The number of halogens is 3. The van der Waals surface area contributed by atoms with Gasteiger partial charge in [0.25, 0.3) is 10.0 Å². The molecule has 35 heavy (non-hydrogen) atoms. The molecule has 1 N–H and O–H groups in total. The molecule has 1 aliphatic heterocycles. The summed E-state index contributed by atoms with van der Waals surface area (Å²) < 4.78 is 47.4. The number of nitrogens with zero attached hydrogens (tertiary/aromatic N) is 2. The van der Waals surface area contributed by atoms with Crippen molar-refractivity contribution in [3.8, 4) is 11.5 Å². The predicted molar refractivity (Wildman–Crippen MR) is 138 cm³/mol. The number of unbranched alkanes of at least 4 members (excludes halogenated alkanes) is 1. The molecule has 0 bridgehead atoms. The monoisotopic (exact) mass is 540 g/mol. The molecular weight excluding hydrogens is 514 g/mol. The topological polar surface area (TPSA) is 70.1 Å². The lowest BCUT2D eigenvalue weighted by atomic mass is 10.1. The number of para-hydroxylation sites is 2. The first kappa shape index (κ1) is 27.2. The van der Waals surface area contributed by atoms with E-state index < -0.39 is 16.1 Å². The predicted octanol–water partition coefficient (Wildman–Crippen LogP) is 5.65. The minimum Gasteiger partial charge on any atom is -0.454 e. The summed E-state index contributed by atoms with van der Waals surface area (Å²) in [6.07, 6.45) is 0.576. The zero-order valence-corrected chi connectivity index (χ0v) is 21.5. The number of likely N-dealkylation sites (N-methyl/N-ethyl adjacent to an activating group) is 1. The van der Waals surface area contributed by atoms with Gasteiger partial charge >= 0.3 is 0 Å². The SMILES string of the molecule is CN(CCCCN1c2ccccc2Oc2ccc(Cl)cc2S1(=O)=O)C[C@H](O)c1ccc(F)cc1.Cl. The number of rotatable bonds is 8. The molecule has 0 aliphatic carbocycles. The van der Waals surface area contributed by atoms with E-state index in [0.717, 1.165) is 0 Å². The van der Waals surface area contributed by atoms with E-state index in [1.54, 1.807) is 48.5 Å². The Morgan fingerprint density at radius 1 is 1.06 bits per heavy atom. The molecule has 1 aliphatic rings. The molecule has 0 fully saturated rings. The normalized spacial score (nSPS) is 14.8. The Hall–Kier alpha value is -2.36. The maximum Gasteiger partial charge on any atom is 0.268 e. The lowest BCUT2D eigenvalue weighted by Gasteiger charge is -2.24. The number of fused-ring (bicyclic) bond motifs is 2. The average Bonchev–Trinajstić information content (AvgIpc) is 2.89. The summed E-state index contributed by atoms with van der Waals surface area (Å²) >= 11 is 6.09. The van der Waals surface area contributed by atoms with E-state index in [0.29, 0.717) is 48.0 Å². The molecule has 3 aromatic carbocycles. The van der Waals surface area contributed by atoms with Crippen LogP contribution in [0.5, 0.6) is 11.5 Å². The van der Waals surface area contributed by atoms with Crippen LogP contribution < -0.4 is 9.04 Å². The summed E-state index contributed by atoms with van der Waals surface area (Å²) in [5, 5.41) is 10.7. The van der Waals surface area contributed by atoms with Gasteiger partial charge in [-0.1, -0.05) is 35.9 Å². The van der Waals surface area contributed by atoms with Crippen molar-refractivity contribution >= 4 is 39.7 Å². The molecular formula is C25H27Cl2FN2O4S. The highest BCUT2D eigenvalue weighted by Crippen LogP contribution is 2.43. The van der Waals surface area contributed by atoms with Gasteiger partial charge in [0.05, 0.1) is 11.8 Å². The molecule has 0 unspecified atom stereocenters. The number of hydrogen-bond acceptors (Lipinski definition) is 5. The van der Waals surface area contributed by atoms with Crippen molar-refractivity contribution in [3.05, 3.63) is 83.1 Å². The second-order valence-corrected chi connectivity index (χ2v) is 10.5. The first-order valence-electron chi connectivity index (χ1n) is 11.0. The Bertz CT molecular complexity index is 1260. The van der Waals surface area contributed by atoms with Crippen LogP contribution in [0, 0.1) is 5.82 Å². The van der Waals surface area contributed by atoms with Crippen LogP contribution >= 0.6 is 24.0 Å². The quantitative estimate of drug-likeness (QED) is 0.374. The fourth-order valence-corrected chi connectivity index (χ4v) is 5.83. The van der Waals surface area contributed by atoms with Crippen molar-refractivity contribution in [3.63, 3.8) is 0 Å². The Kier molecular flexibility index (Phi) is 9.01. The van der Waals surface area contributed by atoms with E-state index in [-0.39, 0.29) is 35.4 Å². The summed E-state index contributed by atoms with van der Waals surface area (Å²) in [6.45, 7) is 1.31. The number of hydrogen-bond donors (Lipinski definition) is 1. The fraction of sp³-hybridized carbons (Fsp3) is 0.280. The standard InChI is InChI=1S/C25H26ClFN2O4S.ClH/c1-28(17-22(30)18-8-11-20(27)12-9-18)14-4-5-15-29-21-6-2-3-7-23(21)33-24-13-10-19(26)16-25(24)34(29,31)32;/h2-3,6-13,16,22,30H,4-5,14-15,17H2,1H3;1H/t22-;/m0./s1. The van der Waals surface area contributed by atoms with Gasteiger partial charge in [0.1, 0.15) is 16.5 Å². The van der Waals surface area contributed by atoms with Crippen molar-refractivity contribution < 1.29 is 22.7 Å². The van der Waals surface area contributed by atoms with Gasteiger partial charge in [0, 0.05) is 18.1 Å². The van der Waals surface area contributed by atoms with Gasteiger partial charge in [-0.2, -0.15) is 0 Å². The number of sulfonamides is 1. The molecule has 0 amide bonds. The zero-order chi connectivity index (χ0) is 24.3. The molecule has 0 aromatic heterocycles. The van der Waals surface area contributed by atoms with Crippen molar-refractivity contribution in [1.82, 2.24) is 4.90 Å². The third kappa shape index (κ3) is 6.26. The van der Waals surface area contributed by atoms with E-state index in [1.165, 1.54) is 22.5 Å². The Morgan fingerprint density at radius 2 is 1.77 bits per heavy atom. The van der Waals surface area contributed by atoms with Crippen LogP contribution in [0.1, 0.15) is 24.5 Å². The lowest BCUT2D eigenvalue weighted by Crippen LogP contribution is -2.32. The van der Waals surface area contributed by atoms with Crippen LogP contribution in [0.15, 0.2) is 71.6 Å². The molecule has 4 rings (SSSR count). The molecule has 0 radical (unpaired) electrons. The largest absolute Gasteiger partial charge is 0.454 e. The van der Waals surface area contributed by atoms with E-state index in [1.807, 2.05) is 11.9 Å². The second-order valence-electron chi connectivity index (χ2n) is 8.27. The number of ether oxygens (including phenoxy) is 1. The summed E-state index contributed by atoms with van der Waals surface area (Å²) in [6, 6.07) is 17.4. The van der Waals surface area contributed by atoms with E-state index >= 15 is 0 Å². The fourth-order valence-electron chi connectivity index (χ4n) is 3.94. The highest BCUT2D eigenvalue weighted by Gasteiger charge is 2.33. The third-order valence-corrected chi connectivity index (χ3v) is 7.79. The molecule has 0 saturated carbocycles. The molecule has 0 saturated heterocycles. The van der Waals surface area contributed by atoms with Gasteiger partial charge in [-0.25, -0.2) is 12.8 Å². The first-order valence-corrected chi connectivity index (χ1v) is 12.8. The van der Waals surface area contributed by atoms with E-state index in [4.69, 9.17) is 16.3 Å². The lowest BCUT2D eigenvalue weighted by molar-refractivity contribution is 0.126. The van der Waals surface area contributed by atoms with Crippen molar-refractivity contribution in [1.29, 1.82) is 0 Å². The summed E-state index contributed by atoms with van der Waals surface area (Å²) in [7, 11) is -1.99. The van der Waals surface area contributed by atoms with Crippen molar-refractivity contribution in [2.24, 2.45) is 0 Å². The Balaban J connectivity index is 0.00000342. The number of aliphatic hydroxyl groups excluding tert-OH is 1. The molecule has 0 spiro atoms. The third-order valence-electron chi connectivity index (χ3n) is 5.72. The van der Waals surface area contributed by atoms with Crippen LogP contribution in [0.25, 0.3) is 0 Å². The average molecular weight is 541 g/mol. The molecule has 10 heteroatoms. The second kappa shape index (κ2) is 11.6. The van der Waals surface area contributed by atoms with Crippen LogP contribution in [0.2, 0.25) is 5.02 Å². The molecule has 1 heterocycles. The van der Waals surface area contributed by atoms with Crippen LogP contribution in [-0.2, 0) is 10.0 Å². The van der Waals surface area contributed by atoms with Crippen LogP contribution in [-0.4, -0.2) is 45.1 Å². The Labute approximate surface area is 216 Å². The van der Waals surface area contributed by atoms with E-state index in [9.17, 15) is 17.9 Å². The molecule has 1 atom stereocenters. The molecule has 188 valence electrons. The summed E-state index contributed by atoms with van der Waals surface area (Å²) in [4.78, 5) is 2.01. The van der Waals surface area contributed by atoms with Crippen molar-refractivity contribution in [2.75, 3.05) is 31.0 Å². The number of aliphatic hydroxyl groups is 1. The van der Waals surface area contributed by atoms with Crippen LogP contribution in [0.4, 0.5) is 10.1 Å². The Morgan fingerprint density at radius 3 is 2.51 bits per heavy atom. The maximum absolute atomic E-state index is 13.5. The highest BCUT2D eigenvalue weighted by atomic mass is 35.5. The highest BCUT2D eigenvalue weighted by molar-refractivity contribution is 7.93. The van der Waals surface area contributed by atoms with Gasteiger partial charge in [-0.15, -0.1) is 12.4 Å². The van der Waals surface area contributed by atoms with Gasteiger partial charge in [-0.05, 0) is 74.5 Å². The molecule has 3 aromatic rings. The van der Waals surface area contributed by atoms with Gasteiger partial charge in [-0.3, -0.25) is 4.31 Å². The number of benzene rings is 3. The van der Waals surface area contributed by atoms with Gasteiger partial charge in [0.2, 0.25) is 0 Å². The van der Waals surface area contributed by atoms with Gasteiger partial charge < -0.3 is 14.7 Å².